The molecule has 4 heterocycles. The molecule has 9 nitrogen and oxygen atoms in total. The minimum atomic E-state index is 1.11. The van der Waals surface area contributed by atoms with Crippen LogP contribution in [0.3, 0.4) is 0 Å². The number of fused-ring (bicyclic) bond motifs is 1. The van der Waals surface area contributed by atoms with Crippen molar-refractivity contribution in [3.8, 4) is 0 Å². The third-order valence-corrected chi connectivity index (χ3v) is 5.65. The van der Waals surface area contributed by atoms with Crippen molar-refractivity contribution >= 4 is 17.9 Å². The molecular formula is C21H46N9+3. The van der Waals surface area contributed by atoms with Crippen LogP contribution in [0, 0.1) is 0 Å². The van der Waals surface area contributed by atoms with E-state index < -0.39 is 0 Å². The van der Waals surface area contributed by atoms with Gasteiger partial charge in [-0.3, -0.25) is 44.8 Å². The lowest BCUT2D eigenvalue weighted by Gasteiger charge is -2.29. The molecule has 4 rings (SSSR count). The zero-order valence-electron chi connectivity index (χ0n) is 20.2. The van der Waals surface area contributed by atoms with Crippen LogP contribution in [0.1, 0.15) is 25.7 Å². The van der Waals surface area contributed by atoms with Gasteiger partial charge < -0.3 is 0 Å². The van der Waals surface area contributed by atoms with Crippen LogP contribution in [0.2, 0.25) is 0 Å². The number of nitrogens with zero attached hydrogens (tertiary/aromatic N) is 5. The second-order valence-electron chi connectivity index (χ2n) is 8.62. The summed E-state index contributed by atoms with van der Waals surface area (Å²) in [6, 6.07) is 0. The fraction of sp³-hybridized carbons (Fsp3) is 0.857. The van der Waals surface area contributed by atoms with E-state index in [1.54, 1.807) is 0 Å². The van der Waals surface area contributed by atoms with Gasteiger partial charge in [-0.1, -0.05) is 0 Å². The SMILES string of the molecule is C1CNC2=[N+](C1)CCCN2.CNC(N(C)C)=[N+](C)C.C[N+]1=C2NCCCN2CCC1. The smallest absolute Gasteiger partial charge is 0.281 e. The average molecular weight is 425 g/mol. The maximum absolute atomic E-state index is 3.44. The molecule has 0 aromatic rings. The van der Waals surface area contributed by atoms with Crippen LogP contribution in [0.15, 0.2) is 0 Å². The largest absolute Gasteiger partial charge is 0.347 e. The predicted molar refractivity (Wildman–Crippen MR) is 125 cm³/mol. The Labute approximate surface area is 183 Å². The van der Waals surface area contributed by atoms with Crippen LogP contribution >= 0.6 is 0 Å². The summed E-state index contributed by atoms with van der Waals surface area (Å²) < 4.78 is 6.75. The highest BCUT2D eigenvalue weighted by Gasteiger charge is 2.27. The Morgan fingerprint density at radius 2 is 1.53 bits per heavy atom. The molecule has 0 atom stereocenters. The van der Waals surface area contributed by atoms with Gasteiger partial charge in [0.2, 0.25) is 0 Å². The van der Waals surface area contributed by atoms with E-state index in [1.807, 2.05) is 44.7 Å². The lowest BCUT2D eigenvalue weighted by molar-refractivity contribution is -0.539. The first-order chi connectivity index (χ1) is 14.4. The Kier molecular flexibility index (Phi) is 10.0. The van der Waals surface area contributed by atoms with Gasteiger partial charge in [-0.15, -0.1) is 0 Å². The number of rotatable bonds is 0. The number of hydrogen-bond acceptors (Lipinski definition) is 4. The van der Waals surface area contributed by atoms with Crippen molar-refractivity contribution in [3.05, 3.63) is 0 Å². The van der Waals surface area contributed by atoms with Gasteiger partial charge in [0.1, 0.15) is 0 Å². The maximum atomic E-state index is 3.44. The first kappa shape index (κ1) is 24.1. The molecule has 30 heavy (non-hydrogen) atoms. The van der Waals surface area contributed by atoms with Crippen molar-refractivity contribution < 1.29 is 13.7 Å². The standard InChI is InChI=1S/C8H15N3.C7H13N3.C6H15N3/c1-10-5-3-7-11-6-2-4-9-8(10)11;1-3-8-7-9-4-2-6-10(7)5-1;1-7-6(8(2)3)9(4)5/h2-7H2,1H3;1-6H2,(H,8,9);1-5H3/p+3. The summed E-state index contributed by atoms with van der Waals surface area (Å²) >= 11 is 0. The highest BCUT2D eigenvalue weighted by Crippen LogP contribution is 2.04. The van der Waals surface area contributed by atoms with Gasteiger partial charge in [0.25, 0.3) is 0 Å². The quantitative estimate of drug-likeness (QED) is 0.214. The van der Waals surface area contributed by atoms with E-state index in [2.05, 4.69) is 42.4 Å². The molecule has 0 bridgehead atoms. The molecule has 9 heteroatoms. The molecule has 0 spiro atoms. The summed E-state index contributed by atoms with van der Waals surface area (Å²) in [4.78, 5) is 4.48. The molecule has 0 amide bonds. The molecule has 4 aliphatic heterocycles. The minimum absolute atomic E-state index is 1.11. The highest BCUT2D eigenvalue weighted by atomic mass is 15.4. The minimum Gasteiger partial charge on any atom is -0.281 e. The summed E-state index contributed by atoms with van der Waals surface area (Å²) in [5.74, 6) is 3.72. The first-order valence-electron chi connectivity index (χ1n) is 11.5. The van der Waals surface area contributed by atoms with E-state index in [1.165, 1.54) is 70.3 Å². The number of nitrogens with one attached hydrogen (secondary N) is 4. The fourth-order valence-corrected chi connectivity index (χ4v) is 4.31. The summed E-state index contributed by atoms with van der Waals surface area (Å²) in [6.07, 6.45) is 5.16. The summed E-state index contributed by atoms with van der Waals surface area (Å²) in [7, 11) is 12.1. The van der Waals surface area contributed by atoms with Crippen LogP contribution in [0.5, 0.6) is 0 Å². The fourth-order valence-electron chi connectivity index (χ4n) is 4.31. The zero-order valence-corrected chi connectivity index (χ0v) is 20.2. The Morgan fingerprint density at radius 1 is 0.933 bits per heavy atom. The van der Waals surface area contributed by atoms with Crippen molar-refractivity contribution in [2.75, 3.05) is 94.6 Å². The van der Waals surface area contributed by atoms with E-state index in [0.29, 0.717) is 0 Å². The summed E-state index contributed by atoms with van der Waals surface area (Å²) in [6.45, 7) is 9.58. The van der Waals surface area contributed by atoms with Gasteiger partial charge in [-0.05, 0) is 0 Å². The highest BCUT2D eigenvalue weighted by molar-refractivity contribution is 5.76. The van der Waals surface area contributed by atoms with E-state index in [9.17, 15) is 0 Å². The van der Waals surface area contributed by atoms with Crippen LogP contribution < -0.4 is 21.3 Å². The molecule has 0 aromatic carbocycles. The Morgan fingerprint density at radius 3 is 2.00 bits per heavy atom. The Balaban J connectivity index is 0.000000161. The molecule has 0 aromatic heterocycles. The number of guanidine groups is 3. The van der Waals surface area contributed by atoms with E-state index >= 15 is 0 Å². The molecule has 1 fully saturated rings. The summed E-state index contributed by atoms with van der Waals surface area (Å²) in [5, 5.41) is 13.2. The molecular weight excluding hydrogens is 378 g/mol. The van der Waals surface area contributed by atoms with Gasteiger partial charge >= 0.3 is 17.9 Å². The van der Waals surface area contributed by atoms with Crippen molar-refractivity contribution in [2.45, 2.75) is 25.7 Å². The first-order valence-corrected chi connectivity index (χ1v) is 11.5. The molecule has 0 aliphatic carbocycles. The van der Waals surface area contributed by atoms with Crippen molar-refractivity contribution in [2.24, 2.45) is 0 Å². The Bertz CT molecular complexity index is 598. The van der Waals surface area contributed by atoms with E-state index in [-0.39, 0.29) is 0 Å². The second kappa shape index (κ2) is 12.5. The monoisotopic (exact) mass is 424 g/mol. The maximum Gasteiger partial charge on any atom is 0.347 e. The second-order valence-corrected chi connectivity index (χ2v) is 8.62. The molecule has 0 radical (unpaired) electrons. The molecule has 4 aliphatic rings. The predicted octanol–water partition coefficient (Wildman–Crippen LogP) is -1.58. The Hall–Kier alpha value is -2.19. The average Bonchev–Trinajstić information content (AvgIpc) is 2.75. The molecule has 0 unspecified atom stereocenters. The van der Waals surface area contributed by atoms with Crippen molar-refractivity contribution in [1.82, 2.24) is 31.1 Å². The molecule has 0 saturated carbocycles. The third-order valence-electron chi connectivity index (χ3n) is 5.65. The van der Waals surface area contributed by atoms with Crippen LogP contribution in [-0.4, -0.2) is 136 Å². The van der Waals surface area contributed by atoms with Crippen molar-refractivity contribution in [3.63, 3.8) is 0 Å². The van der Waals surface area contributed by atoms with Gasteiger partial charge in [-0.25, -0.2) is 0 Å². The molecule has 1 saturated heterocycles. The van der Waals surface area contributed by atoms with E-state index in [4.69, 9.17) is 0 Å². The lowest BCUT2D eigenvalue weighted by Crippen LogP contribution is -2.54. The zero-order chi connectivity index (χ0) is 21.9. The third kappa shape index (κ3) is 7.25. The summed E-state index contributed by atoms with van der Waals surface area (Å²) in [5.41, 5.74) is 0. The normalized spacial score (nSPS) is 19.9. The number of hydrogen-bond donors (Lipinski definition) is 4. The molecule has 172 valence electrons. The van der Waals surface area contributed by atoms with Crippen LogP contribution in [-0.2, 0) is 0 Å². The van der Waals surface area contributed by atoms with Crippen LogP contribution in [0.25, 0.3) is 0 Å². The van der Waals surface area contributed by atoms with Gasteiger partial charge in [0.15, 0.2) is 0 Å². The van der Waals surface area contributed by atoms with Gasteiger partial charge in [-0.2, -0.15) is 0 Å². The van der Waals surface area contributed by atoms with E-state index in [0.717, 1.165) is 25.6 Å². The molecule has 4 N–H and O–H groups in total. The van der Waals surface area contributed by atoms with Crippen LogP contribution in [0.4, 0.5) is 0 Å². The van der Waals surface area contributed by atoms with Gasteiger partial charge in [0.05, 0.1) is 94.6 Å². The topological polar surface area (TPSA) is 63.6 Å². The van der Waals surface area contributed by atoms with Gasteiger partial charge in [0, 0.05) is 25.7 Å². The van der Waals surface area contributed by atoms with Crippen molar-refractivity contribution in [1.29, 1.82) is 0 Å². The lowest BCUT2D eigenvalue weighted by atomic mass is 10.2.